The fourth-order valence-corrected chi connectivity index (χ4v) is 3.38. The summed E-state index contributed by atoms with van der Waals surface area (Å²) in [5.41, 5.74) is 1.09. The molecule has 1 saturated heterocycles. The number of hydrogen-bond acceptors (Lipinski definition) is 7. The van der Waals surface area contributed by atoms with Crippen LogP contribution in [0.1, 0.15) is 45.5 Å². The zero-order valence-electron chi connectivity index (χ0n) is 16.2. The van der Waals surface area contributed by atoms with Gasteiger partial charge in [-0.25, -0.2) is 4.98 Å². The van der Waals surface area contributed by atoms with E-state index in [0.717, 1.165) is 37.3 Å². The molecule has 1 fully saturated rings. The third-order valence-electron chi connectivity index (χ3n) is 4.42. The summed E-state index contributed by atoms with van der Waals surface area (Å²) in [6, 6.07) is 4.05. The SMILES string of the molecule is COCCNc1ncccc1-c1noc([C@@H]2CCCN2CC(C)(C)C)n1. The molecule has 0 unspecified atom stereocenters. The molecule has 0 saturated carbocycles. The van der Waals surface area contributed by atoms with Gasteiger partial charge in [0.2, 0.25) is 11.7 Å². The second-order valence-electron chi connectivity index (χ2n) is 7.96. The average molecular weight is 359 g/mol. The molecule has 7 heteroatoms. The van der Waals surface area contributed by atoms with Gasteiger partial charge >= 0.3 is 0 Å². The normalized spacial score (nSPS) is 18.4. The summed E-state index contributed by atoms with van der Waals surface area (Å²) >= 11 is 0. The van der Waals surface area contributed by atoms with E-state index in [4.69, 9.17) is 14.2 Å². The van der Waals surface area contributed by atoms with Crippen molar-refractivity contribution in [3.63, 3.8) is 0 Å². The molecular weight excluding hydrogens is 330 g/mol. The Bertz CT molecular complexity index is 710. The highest BCUT2D eigenvalue weighted by Gasteiger charge is 2.33. The highest BCUT2D eigenvalue weighted by molar-refractivity contribution is 5.69. The van der Waals surface area contributed by atoms with Crippen molar-refractivity contribution < 1.29 is 9.26 Å². The lowest BCUT2D eigenvalue weighted by molar-refractivity contribution is 0.153. The number of likely N-dealkylation sites (tertiary alicyclic amines) is 1. The van der Waals surface area contributed by atoms with Crippen LogP contribution in [-0.4, -0.2) is 53.4 Å². The fourth-order valence-electron chi connectivity index (χ4n) is 3.38. The predicted molar refractivity (Wildman–Crippen MR) is 101 cm³/mol. The summed E-state index contributed by atoms with van der Waals surface area (Å²) in [6.07, 6.45) is 3.97. The molecule has 0 radical (unpaired) electrons. The standard InChI is InChI=1S/C19H29N5O2/c1-19(2,3)13-24-11-6-8-15(24)18-22-17(23-26-18)14-7-5-9-20-16(14)21-10-12-25-4/h5,7,9,15H,6,8,10-13H2,1-4H3,(H,20,21)/t15-/m0/s1. The molecule has 0 amide bonds. The monoisotopic (exact) mass is 359 g/mol. The molecule has 2 aromatic heterocycles. The number of aromatic nitrogens is 3. The maximum absolute atomic E-state index is 5.65. The lowest BCUT2D eigenvalue weighted by Gasteiger charge is -2.29. The smallest absolute Gasteiger partial charge is 0.244 e. The van der Waals surface area contributed by atoms with Crippen molar-refractivity contribution in [1.82, 2.24) is 20.0 Å². The number of pyridine rings is 1. The van der Waals surface area contributed by atoms with Crippen LogP contribution in [0.5, 0.6) is 0 Å². The molecule has 1 aliphatic rings. The van der Waals surface area contributed by atoms with Gasteiger partial charge in [-0.05, 0) is 36.9 Å². The van der Waals surface area contributed by atoms with E-state index in [1.807, 2.05) is 12.1 Å². The number of nitrogens with one attached hydrogen (secondary N) is 1. The zero-order chi connectivity index (χ0) is 18.6. The summed E-state index contributed by atoms with van der Waals surface area (Å²) in [7, 11) is 1.68. The lowest BCUT2D eigenvalue weighted by atomic mass is 9.96. The van der Waals surface area contributed by atoms with E-state index in [0.29, 0.717) is 24.9 Å². The molecule has 26 heavy (non-hydrogen) atoms. The van der Waals surface area contributed by atoms with Crippen molar-refractivity contribution in [3.05, 3.63) is 24.2 Å². The van der Waals surface area contributed by atoms with E-state index in [1.54, 1.807) is 13.3 Å². The summed E-state index contributed by atoms with van der Waals surface area (Å²) in [6.45, 7) is 10.2. The van der Waals surface area contributed by atoms with Gasteiger partial charge in [0.05, 0.1) is 18.2 Å². The quantitative estimate of drug-likeness (QED) is 0.760. The van der Waals surface area contributed by atoms with Crippen LogP contribution in [0.2, 0.25) is 0 Å². The Morgan fingerprint density at radius 1 is 1.38 bits per heavy atom. The number of ether oxygens (including phenoxy) is 1. The topological polar surface area (TPSA) is 76.3 Å². The third kappa shape index (κ3) is 4.59. The minimum atomic E-state index is 0.206. The Morgan fingerprint density at radius 3 is 3.00 bits per heavy atom. The fraction of sp³-hybridized carbons (Fsp3) is 0.632. The number of nitrogens with zero attached hydrogens (tertiary/aromatic N) is 4. The van der Waals surface area contributed by atoms with E-state index >= 15 is 0 Å². The maximum Gasteiger partial charge on any atom is 0.244 e. The van der Waals surface area contributed by atoms with Crippen molar-refractivity contribution in [2.45, 2.75) is 39.7 Å². The highest BCUT2D eigenvalue weighted by atomic mass is 16.5. The molecule has 0 aromatic carbocycles. The molecule has 2 aromatic rings. The van der Waals surface area contributed by atoms with Crippen molar-refractivity contribution in [3.8, 4) is 11.4 Å². The van der Waals surface area contributed by atoms with Crippen LogP contribution in [0.4, 0.5) is 5.82 Å². The minimum absolute atomic E-state index is 0.206. The van der Waals surface area contributed by atoms with Gasteiger partial charge in [-0.1, -0.05) is 25.9 Å². The Labute approximate surface area is 155 Å². The van der Waals surface area contributed by atoms with Gasteiger partial charge in [0.15, 0.2) is 0 Å². The number of rotatable bonds is 7. The van der Waals surface area contributed by atoms with E-state index in [2.05, 4.69) is 41.1 Å². The summed E-state index contributed by atoms with van der Waals surface area (Å²) in [5.74, 6) is 2.03. The molecule has 142 valence electrons. The third-order valence-corrected chi connectivity index (χ3v) is 4.42. The zero-order valence-corrected chi connectivity index (χ0v) is 16.2. The molecule has 1 atom stereocenters. The Balaban J connectivity index is 1.78. The molecule has 3 rings (SSSR count). The van der Waals surface area contributed by atoms with E-state index in [-0.39, 0.29) is 11.5 Å². The molecule has 0 bridgehead atoms. The van der Waals surface area contributed by atoms with Gasteiger partial charge in [0, 0.05) is 26.4 Å². The van der Waals surface area contributed by atoms with Crippen LogP contribution in [-0.2, 0) is 4.74 Å². The molecule has 7 nitrogen and oxygen atoms in total. The largest absolute Gasteiger partial charge is 0.383 e. The number of methoxy groups -OCH3 is 1. The first-order chi connectivity index (χ1) is 12.5. The summed E-state index contributed by atoms with van der Waals surface area (Å²) < 4.78 is 10.7. The maximum atomic E-state index is 5.65. The van der Waals surface area contributed by atoms with Crippen molar-refractivity contribution in [2.75, 3.05) is 38.7 Å². The van der Waals surface area contributed by atoms with E-state index < -0.39 is 0 Å². The van der Waals surface area contributed by atoms with E-state index in [9.17, 15) is 0 Å². The average Bonchev–Trinajstić information content (AvgIpc) is 3.23. The second kappa shape index (κ2) is 8.14. The van der Waals surface area contributed by atoms with Crippen LogP contribution in [0.3, 0.4) is 0 Å². The van der Waals surface area contributed by atoms with E-state index in [1.165, 1.54) is 0 Å². The molecule has 1 N–H and O–H groups in total. The van der Waals surface area contributed by atoms with Crippen molar-refractivity contribution in [2.24, 2.45) is 5.41 Å². The Kier molecular flexibility index (Phi) is 5.88. The molecule has 3 heterocycles. The van der Waals surface area contributed by atoms with Crippen LogP contribution in [0.25, 0.3) is 11.4 Å². The highest BCUT2D eigenvalue weighted by Crippen LogP contribution is 2.34. The first-order valence-corrected chi connectivity index (χ1v) is 9.24. The molecule has 1 aliphatic heterocycles. The summed E-state index contributed by atoms with van der Waals surface area (Å²) in [4.78, 5) is 11.6. The minimum Gasteiger partial charge on any atom is -0.383 e. The predicted octanol–water partition coefficient (Wildman–Crippen LogP) is 3.37. The van der Waals surface area contributed by atoms with Crippen LogP contribution in [0.15, 0.2) is 22.9 Å². The Morgan fingerprint density at radius 2 is 2.23 bits per heavy atom. The van der Waals surface area contributed by atoms with Crippen molar-refractivity contribution >= 4 is 5.82 Å². The molecule has 0 aliphatic carbocycles. The van der Waals surface area contributed by atoms with Crippen molar-refractivity contribution in [1.29, 1.82) is 0 Å². The molecule has 0 spiro atoms. The lowest BCUT2D eigenvalue weighted by Crippen LogP contribution is -2.32. The second-order valence-corrected chi connectivity index (χ2v) is 7.96. The van der Waals surface area contributed by atoms with Gasteiger partial charge in [-0.2, -0.15) is 4.98 Å². The first kappa shape index (κ1) is 18.8. The van der Waals surface area contributed by atoms with Crippen LogP contribution < -0.4 is 5.32 Å². The van der Waals surface area contributed by atoms with Gasteiger partial charge in [0.25, 0.3) is 0 Å². The number of hydrogen-bond donors (Lipinski definition) is 1. The van der Waals surface area contributed by atoms with Gasteiger partial charge in [-0.15, -0.1) is 0 Å². The Hall–Kier alpha value is -1.99. The first-order valence-electron chi connectivity index (χ1n) is 9.24. The summed E-state index contributed by atoms with van der Waals surface area (Å²) in [5, 5.41) is 7.49. The van der Waals surface area contributed by atoms with Crippen LogP contribution >= 0.6 is 0 Å². The van der Waals surface area contributed by atoms with Crippen LogP contribution in [0, 0.1) is 5.41 Å². The number of anilines is 1. The molecular formula is C19H29N5O2. The van der Waals surface area contributed by atoms with Gasteiger partial charge in [-0.3, -0.25) is 4.90 Å². The van der Waals surface area contributed by atoms with Gasteiger partial charge < -0.3 is 14.6 Å². The van der Waals surface area contributed by atoms with Gasteiger partial charge in [0.1, 0.15) is 5.82 Å².